The maximum absolute atomic E-state index is 11.9. The van der Waals surface area contributed by atoms with Gasteiger partial charge in [-0.25, -0.2) is 9.78 Å². The fraction of sp³-hybridized carbons (Fsp3) is 0.909. The Bertz CT molecular complexity index is 627. The van der Waals surface area contributed by atoms with Gasteiger partial charge in [-0.05, 0) is 39.5 Å². The molecule has 6 heteroatoms. The van der Waals surface area contributed by atoms with Crippen molar-refractivity contribution in [2.75, 3.05) is 0 Å². The average molecular weight is 395 g/mol. The summed E-state index contributed by atoms with van der Waals surface area (Å²) in [6, 6.07) is 0. The summed E-state index contributed by atoms with van der Waals surface area (Å²) in [6.07, 6.45) is 3.87. The standard InChI is InChI=1S/C22H34O6/c1-19(2)13-11-17(23)25-21(13,5)9-7-15(19)27-28-16-8-10-22(6)14(20(16,3)4)12-18(24)26-22/h13-16H,7-12H2,1-6H3/t13-,14-,15?,16?,21-,22-/m1/s1. The quantitative estimate of drug-likeness (QED) is 0.410. The fourth-order valence-corrected chi connectivity index (χ4v) is 6.57. The molecule has 0 bridgehead atoms. The topological polar surface area (TPSA) is 71.1 Å². The molecule has 6 atom stereocenters. The maximum Gasteiger partial charge on any atom is 0.306 e. The van der Waals surface area contributed by atoms with Crippen molar-refractivity contribution in [3.05, 3.63) is 0 Å². The van der Waals surface area contributed by atoms with Crippen molar-refractivity contribution >= 4 is 11.9 Å². The van der Waals surface area contributed by atoms with Gasteiger partial charge in [0.1, 0.15) is 11.2 Å². The summed E-state index contributed by atoms with van der Waals surface area (Å²) in [5, 5.41) is 0. The number of carbonyl (C=O) groups is 2. The molecule has 2 saturated carbocycles. The first kappa shape index (κ1) is 20.1. The van der Waals surface area contributed by atoms with Gasteiger partial charge in [0.2, 0.25) is 0 Å². The molecule has 0 aromatic rings. The molecule has 0 aromatic carbocycles. The van der Waals surface area contributed by atoms with Crippen molar-refractivity contribution in [3.8, 4) is 0 Å². The molecule has 0 N–H and O–H groups in total. The average Bonchev–Trinajstić information content (AvgIpc) is 3.05. The highest BCUT2D eigenvalue weighted by atomic mass is 17.2. The van der Waals surface area contributed by atoms with Crippen molar-refractivity contribution in [2.24, 2.45) is 22.7 Å². The van der Waals surface area contributed by atoms with E-state index in [9.17, 15) is 9.59 Å². The van der Waals surface area contributed by atoms with Crippen molar-refractivity contribution in [2.45, 2.75) is 103 Å². The Balaban J connectivity index is 1.45. The van der Waals surface area contributed by atoms with Crippen LogP contribution < -0.4 is 0 Å². The van der Waals surface area contributed by atoms with Crippen LogP contribution in [0.15, 0.2) is 0 Å². The van der Waals surface area contributed by atoms with Crippen LogP contribution in [0.4, 0.5) is 0 Å². The molecular weight excluding hydrogens is 360 g/mol. The van der Waals surface area contributed by atoms with E-state index in [0.29, 0.717) is 12.8 Å². The van der Waals surface area contributed by atoms with Gasteiger partial charge in [-0.3, -0.25) is 9.59 Å². The molecule has 28 heavy (non-hydrogen) atoms. The Morgan fingerprint density at radius 3 is 1.43 bits per heavy atom. The predicted molar refractivity (Wildman–Crippen MR) is 101 cm³/mol. The molecule has 2 unspecified atom stereocenters. The zero-order valence-electron chi connectivity index (χ0n) is 18.0. The monoisotopic (exact) mass is 394 g/mol. The number of carbonyl (C=O) groups excluding carboxylic acids is 2. The van der Waals surface area contributed by atoms with Gasteiger partial charge in [0, 0.05) is 22.7 Å². The number of hydrogen-bond acceptors (Lipinski definition) is 6. The van der Waals surface area contributed by atoms with Crippen LogP contribution in [0.2, 0.25) is 0 Å². The minimum absolute atomic E-state index is 0.0920. The van der Waals surface area contributed by atoms with Crippen molar-refractivity contribution in [3.63, 3.8) is 0 Å². The molecule has 0 radical (unpaired) electrons. The molecule has 0 amide bonds. The second-order valence-corrected chi connectivity index (χ2v) is 11.0. The van der Waals surface area contributed by atoms with Crippen LogP contribution >= 0.6 is 0 Å². The molecule has 2 aliphatic carbocycles. The summed E-state index contributed by atoms with van der Waals surface area (Å²) in [7, 11) is 0. The maximum atomic E-state index is 11.9. The Morgan fingerprint density at radius 2 is 1.07 bits per heavy atom. The number of hydrogen-bond donors (Lipinski definition) is 0. The summed E-state index contributed by atoms with van der Waals surface area (Å²) in [6.45, 7) is 12.7. The van der Waals surface area contributed by atoms with E-state index < -0.39 is 11.2 Å². The van der Waals surface area contributed by atoms with Crippen molar-refractivity contribution < 1.29 is 28.8 Å². The van der Waals surface area contributed by atoms with Gasteiger partial charge in [-0.2, -0.15) is 0 Å². The third-order valence-corrected chi connectivity index (χ3v) is 8.46. The highest BCUT2D eigenvalue weighted by molar-refractivity contribution is 5.73. The first-order chi connectivity index (χ1) is 12.9. The van der Waals surface area contributed by atoms with Gasteiger partial charge in [-0.1, -0.05) is 27.7 Å². The normalized spacial score (nSPS) is 46.5. The van der Waals surface area contributed by atoms with E-state index in [1.54, 1.807) is 0 Å². The second kappa shape index (κ2) is 6.18. The highest BCUT2D eigenvalue weighted by Gasteiger charge is 2.60. The summed E-state index contributed by atoms with van der Waals surface area (Å²) < 4.78 is 11.3. The van der Waals surface area contributed by atoms with Crippen LogP contribution in [-0.2, 0) is 28.8 Å². The molecule has 2 heterocycles. The Labute approximate surface area is 167 Å². The number of fused-ring (bicyclic) bond motifs is 2. The summed E-state index contributed by atoms with van der Waals surface area (Å²) in [5.41, 5.74) is -1.24. The van der Waals surface area contributed by atoms with Gasteiger partial charge in [0.25, 0.3) is 0 Å². The van der Waals surface area contributed by atoms with E-state index in [4.69, 9.17) is 19.2 Å². The lowest BCUT2D eigenvalue weighted by molar-refractivity contribution is -0.400. The molecule has 6 nitrogen and oxygen atoms in total. The first-order valence-corrected chi connectivity index (χ1v) is 10.6. The summed E-state index contributed by atoms with van der Waals surface area (Å²) in [4.78, 5) is 36.0. The molecule has 0 aromatic heterocycles. The van der Waals surface area contributed by atoms with Crippen LogP contribution in [0.25, 0.3) is 0 Å². The van der Waals surface area contributed by atoms with Crippen LogP contribution in [0.3, 0.4) is 0 Å². The number of ether oxygens (including phenoxy) is 2. The lowest BCUT2D eigenvalue weighted by Crippen LogP contribution is -2.55. The third kappa shape index (κ3) is 2.90. The van der Waals surface area contributed by atoms with Gasteiger partial charge in [-0.15, -0.1) is 0 Å². The van der Waals surface area contributed by atoms with E-state index in [1.165, 1.54) is 0 Å². The molecule has 4 aliphatic rings. The minimum atomic E-state index is -0.395. The Kier molecular flexibility index (Phi) is 4.45. The highest BCUT2D eigenvalue weighted by Crippen LogP contribution is 2.56. The minimum Gasteiger partial charge on any atom is -0.459 e. The predicted octanol–water partition coefficient (Wildman–Crippen LogP) is 3.96. The molecule has 4 fully saturated rings. The van der Waals surface area contributed by atoms with E-state index in [-0.39, 0.29) is 46.8 Å². The molecule has 2 aliphatic heterocycles. The molecular formula is C22H34O6. The van der Waals surface area contributed by atoms with Gasteiger partial charge in [0.05, 0.1) is 25.0 Å². The SMILES string of the molecule is CC1(C)C(OOC2CC[C@@]3(C)OC(=O)C[C@@H]3C2(C)C)CC[C@@]2(C)OC(=O)C[C@H]12. The van der Waals surface area contributed by atoms with Crippen LogP contribution in [-0.4, -0.2) is 35.3 Å². The van der Waals surface area contributed by atoms with Crippen molar-refractivity contribution in [1.82, 2.24) is 0 Å². The Morgan fingerprint density at radius 1 is 0.714 bits per heavy atom. The Hall–Kier alpha value is -1.14. The van der Waals surface area contributed by atoms with Gasteiger partial charge >= 0.3 is 11.9 Å². The second-order valence-electron chi connectivity index (χ2n) is 11.0. The van der Waals surface area contributed by atoms with Gasteiger partial charge in [0.15, 0.2) is 0 Å². The molecule has 2 saturated heterocycles. The number of rotatable bonds is 3. The third-order valence-electron chi connectivity index (χ3n) is 8.46. The van der Waals surface area contributed by atoms with Gasteiger partial charge < -0.3 is 9.47 Å². The fourth-order valence-electron chi connectivity index (χ4n) is 6.57. The van der Waals surface area contributed by atoms with Crippen LogP contribution in [0.1, 0.15) is 80.1 Å². The molecule has 4 rings (SSSR count). The van der Waals surface area contributed by atoms with Crippen molar-refractivity contribution in [1.29, 1.82) is 0 Å². The van der Waals surface area contributed by atoms with Crippen LogP contribution in [0, 0.1) is 22.7 Å². The van der Waals surface area contributed by atoms with E-state index in [1.807, 2.05) is 13.8 Å². The number of esters is 2. The smallest absolute Gasteiger partial charge is 0.306 e. The molecule has 158 valence electrons. The molecule has 0 spiro atoms. The zero-order chi connectivity index (χ0) is 20.5. The van der Waals surface area contributed by atoms with E-state index >= 15 is 0 Å². The van der Waals surface area contributed by atoms with E-state index in [2.05, 4.69) is 27.7 Å². The lowest BCUT2D eigenvalue weighted by atomic mass is 9.60. The zero-order valence-corrected chi connectivity index (χ0v) is 18.0. The summed E-state index contributed by atoms with van der Waals surface area (Å²) >= 11 is 0. The van der Waals surface area contributed by atoms with Crippen LogP contribution in [0.5, 0.6) is 0 Å². The lowest BCUT2D eigenvalue weighted by Gasteiger charge is -2.51. The largest absolute Gasteiger partial charge is 0.459 e. The summed E-state index contributed by atoms with van der Waals surface area (Å²) in [5.74, 6) is 0.0261. The first-order valence-electron chi connectivity index (χ1n) is 10.6. The van der Waals surface area contributed by atoms with E-state index in [0.717, 1.165) is 25.7 Å².